The van der Waals surface area contributed by atoms with Crippen LogP contribution in [-0.4, -0.2) is 36.8 Å². The van der Waals surface area contributed by atoms with E-state index in [-0.39, 0.29) is 6.04 Å². The highest BCUT2D eigenvalue weighted by atomic mass is 16.5. The molecule has 6 heteroatoms. The van der Waals surface area contributed by atoms with Crippen molar-refractivity contribution >= 4 is 11.6 Å². The Balaban J connectivity index is 2.69. The third-order valence-electron chi connectivity index (χ3n) is 2.17. The van der Waals surface area contributed by atoms with Crippen LogP contribution in [0.4, 0.5) is 11.6 Å². The van der Waals surface area contributed by atoms with Crippen LogP contribution in [-0.2, 0) is 4.74 Å². The molecule has 0 saturated heterocycles. The molecule has 6 nitrogen and oxygen atoms in total. The first kappa shape index (κ1) is 12.5. The second kappa shape index (κ2) is 6.12. The van der Waals surface area contributed by atoms with E-state index in [2.05, 4.69) is 15.3 Å². The predicted molar refractivity (Wildman–Crippen MR) is 62.6 cm³/mol. The van der Waals surface area contributed by atoms with Crippen molar-refractivity contribution in [2.24, 2.45) is 0 Å². The molecule has 1 heterocycles. The number of hydrogen-bond donors (Lipinski definition) is 2. The number of hydrogen-bond acceptors (Lipinski definition) is 6. The molecule has 0 fully saturated rings. The Morgan fingerprint density at radius 2 is 2.19 bits per heavy atom. The highest BCUT2D eigenvalue weighted by molar-refractivity contribution is 5.61. The van der Waals surface area contributed by atoms with Gasteiger partial charge in [0, 0.05) is 19.8 Å². The molecule has 0 spiro atoms. The summed E-state index contributed by atoms with van der Waals surface area (Å²) in [4.78, 5) is 7.95. The molecule has 0 bridgehead atoms. The van der Waals surface area contributed by atoms with Gasteiger partial charge in [0.2, 0.25) is 5.75 Å². The standard InChI is InChI=1S/C10H18N4O2/c1-7(4-5-15-2)14-10-8(16-3)9(11)12-6-13-10/h6-7H,4-5H2,1-3H3,(H3,11,12,13,14). The highest BCUT2D eigenvalue weighted by Gasteiger charge is 2.11. The van der Waals surface area contributed by atoms with Gasteiger partial charge in [-0.1, -0.05) is 0 Å². The number of methoxy groups -OCH3 is 2. The zero-order chi connectivity index (χ0) is 12.0. The van der Waals surface area contributed by atoms with Crippen LogP contribution in [0.25, 0.3) is 0 Å². The van der Waals surface area contributed by atoms with Gasteiger partial charge < -0.3 is 20.5 Å². The lowest BCUT2D eigenvalue weighted by atomic mass is 10.2. The van der Waals surface area contributed by atoms with Crippen LogP contribution in [0.15, 0.2) is 6.33 Å². The lowest BCUT2D eigenvalue weighted by Gasteiger charge is -2.16. The molecule has 1 aromatic rings. The van der Waals surface area contributed by atoms with Gasteiger partial charge in [-0.2, -0.15) is 0 Å². The number of nitrogen functional groups attached to an aromatic ring is 1. The van der Waals surface area contributed by atoms with Crippen molar-refractivity contribution in [2.75, 3.05) is 31.9 Å². The molecular formula is C10H18N4O2. The number of nitrogens with zero attached hydrogens (tertiary/aromatic N) is 2. The van der Waals surface area contributed by atoms with E-state index in [9.17, 15) is 0 Å². The van der Waals surface area contributed by atoms with Gasteiger partial charge in [-0.3, -0.25) is 0 Å². The zero-order valence-electron chi connectivity index (χ0n) is 9.86. The number of ether oxygens (including phenoxy) is 2. The van der Waals surface area contributed by atoms with E-state index in [1.807, 2.05) is 6.92 Å². The Bertz CT molecular complexity index is 333. The number of nitrogens with two attached hydrogens (primary N) is 1. The lowest BCUT2D eigenvalue weighted by molar-refractivity contribution is 0.191. The smallest absolute Gasteiger partial charge is 0.203 e. The predicted octanol–water partition coefficient (Wildman–Crippen LogP) is 0.904. The molecule has 3 N–H and O–H groups in total. The molecule has 0 aromatic carbocycles. The minimum Gasteiger partial charge on any atom is -0.490 e. The molecular weight excluding hydrogens is 208 g/mol. The SMILES string of the molecule is COCCC(C)Nc1ncnc(N)c1OC. The molecule has 0 aliphatic heterocycles. The summed E-state index contributed by atoms with van der Waals surface area (Å²) < 4.78 is 10.1. The Labute approximate surface area is 95.2 Å². The van der Waals surface area contributed by atoms with E-state index in [1.54, 1.807) is 14.2 Å². The van der Waals surface area contributed by atoms with Gasteiger partial charge in [0.1, 0.15) is 6.33 Å². The second-order valence-electron chi connectivity index (χ2n) is 3.47. The second-order valence-corrected chi connectivity index (χ2v) is 3.47. The lowest BCUT2D eigenvalue weighted by Crippen LogP contribution is -2.19. The van der Waals surface area contributed by atoms with E-state index in [1.165, 1.54) is 6.33 Å². The first-order chi connectivity index (χ1) is 7.69. The molecule has 90 valence electrons. The summed E-state index contributed by atoms with van der Waals surface area (Å²) >= 11 is 0. The zero-order valence-corrected chi connectivity index (χ0v) is 9.86. The summed E-state index contributed by atoms with van der Waals surface area (Å²) in [7, 11) is 3.22. The maximum atomic E-state index is 5.67. The molecule has 0 aliphatic carbocycles. The number of nitrogens with one attached hydrogen (secondary N) is 1. The fourth-order valence-electron chi connectivity index (χ4n) is 1.29. The maximum absolute atomic E-state index is 5.67. The van der Waals surface area contributed by atoms with Crippen LogP contribution in [0, 0.1) is 0 Å². The molecule has 1 atom stereocenters. The first-order valence-corrected chi connectivity index (χ1v) is 5.09. The number of aromatic nitrogens is 2. The molecule has 1 aromatic heterocycles. The Morgan fingerprint density at radius 3 is 2.81 bits per heavy atom. The Morgan fingerprint density at radius 1 is 1.44 bits per heavy atom. The molecule has 1 rings (SSSR count). The van der Waals surface area contributed by atoms with Crippen molar-refractivity contribution in [2.45, 2.75) is 19.4 Å². The normalized spacial score (nSPS) is 12.2. The molecule has 0 saturated carbocycles. The summed E-state index contributed by atoms with van der Waals surface area (Å²) in [5.41, 5.74) is 5.67. The number of anilines is 2. The molecule has 0 amide bonds. The van der Waals surface area contributed by atoms with Crippen molar-refractivity contribution in [3.05, 3.63) is 6.33 Å². The van der Waals surface area contributed by atoms with Crippen molar-refractivity contribution in [1.82, 2.24) is 9.97 Å². The van der Waals surface area contributed by atoms with Crippen molar-refractivity contribution in [3.8, 4) is 5.75 Å². The van der Waals surface area contributed by atoms with Crippen molar-refractivity contribution in [3.63, 3.8) is 0 Å². The minimum absolute atomic E-state index is 0.225. The van der Waals surface area contributed by atoms with E-state index >= 15 is 0 Å². The third-order valence-corrected chi connectivity index (χ3v) is 2.17. The van der Waals surface area contributed by atoms with Crippen LogP contribution in [0.2, 0.25) is 0 Å². The molecule has 16 heavy (non-hydrogen) atoms. The number of rotatable bonds is 6. The van der Waals surface area contributed by atoms with Crippen molar-refractivity contribution in [1.29, 1.82) is 0 Å². The van der Waals surface area contributed by atoms with Crippen LogP contribution >= 0.6 is 0 Å². The summed E-state index contributed by atoms with van der Waals surface area (Å²) in [6.45, 7) is 2.73. The average molecular weight is 226 g/mol. The van der Waals surface area contributed by atoms with E-state index < -0.39 is 0 Å². The van der Waals surface area contributed by atoms with Crippen LogP contribution < -0.4 is 15.8 Å². The van der Waals surface area contributed by atoms with Gasteiger partial charge in [-0.15, -0.1) is 0 Å². The fourth-order valence-corrected chi connectivity index (χ4v) is 1.29. The van der Waals surface area contributed by atoms with E-state index in [0.29, 0.717) is 24.0 Å². The minimum atomic E-state index is 0.225. The monoisotopic (exact) mass is 226 g/mol. The van der Waals surface area contributed by atoms with Gasteiger partial charge in [-0.25, -0.2) is 9.97 Å². The van der Waals surface area contributed by atoms with Gasteiger partial charge in [0.05, 0.1) is 7.11 Å². The highest BCUT2D eigenvalue weighted by Crippen LogP contribution is 2.26. The quantitative estimate of drug-likeness (QED) is 0.750. The topological polar surface area (TPSA) is 82.3 Å². The summed E-state index contributed by atoms with van der Waals surface area (Å²) in [6, 6.07) is 0.225. The summed E-state index contributed by atoms with van der Waals surface area (Å²) in [5, 5.41) is 3.20. The maximum Gasteiger partial charge on any atom is 0.203 e. The Kier molecular flexibility index (Phi) is 4.78. The van der Waals surface area contributed by atoms with Crippen molar-refractivity contribution < 1.29 is 9.47 Å². The molecule has 0 radical (unpaired) electrons. The largest absolute Gasteiger partial charge is 0.490 e. The van der Waals surface area contributed by atoms with Gasteiger partial charge >= 0.3 is 0 Å². The Hall–Kier alpha value is -1.56. The van der Waals surface area contributed by atoms with Gasteiger partial charge in [0.15, 0.2) is 11.6 Å². The first-order valence-electron chi connectivity index (χ1n) is 5.09. The van der Waals surface area contributed by atoms with Crippen LogP contribution in [0.1, 0.15) is 13.3 Å². The van der Waals surface area contributed by atoms with Crippen LogP contribution in [0.3, 0.4) is 0 Å². The van der Waals surface area contributed by atoms with Gasteiger partial charge in [0.25, 0.3) is 0 Å². The van der Waals surface area contributed by atoms with Gasteiger partial charge in [-0.05, 0) is 13.3 Å². The summed E-state index contributed by atoms with van der Waals surface area (Å²) in [5.74, 6) is 1.42. The molecule has 0 aliphatic rings. The fraction of sp³-hybridized carbons (Fsp3) is 0.600. The van der Waals surface area contributed by atoms with E-state index in [4.69, 9.17) is 15.2 Å². The third kappa shape index (κ3) is 3.23. The van der Waals surface area contributed by atoms with Crippen LogP contribution in [0.5, 0.6) is 5.75 Å². The summed E-state index contributed by atoms with van der Waals surface area (Å²) in [6.07, 6.45) is 2.28. The average Bonchev–Trinajstić information content (AvgIpc) is 2.27. The van der Waals surface area contributed by atoms with E-state index in [0.717, 1.165) is 6.42 Å². The molecule has 1 unspecified atom stereocenters.